The monoisotopic (exact) mass is 222 g/mol. The quantitative estimate of drug-likeness (QED) is 0.746. The van der Waals surface area contributed by atoms with Gasteiger partial charge in [0.1, 0.15) is 5.75 Å². The normalized spacial score (nSPS) is 26.3. The minimum atomic E-state index is 0.423. The Labute approximate surface area is 97.2 Å². The molecule has 0 heterocycles. The minimum absolute atomic E-state index is 0.423. The molecule has 2 heteroatoms. The summed E-state index contributed by atoms with van der Waals surface area (Å²) in [5.74, 6) is 1.86. The van der Waals surface area contributed by atoms with Gasteiger partial charge >= 0.3 is 0 Å². The fourth-order valence-corrected chi connectivity index (χ4v) is 2.21. The SMILES string of the molecule is CC1CCC(Oc2ccc(S)cc2)CC1. The van der Waals surface area contributed by atoms with E-state index in [0.29, 0.717) is 6.10 Å². The molecule has 0 radical (unpaired) electrons. The zero-order valence-corrected chi connectivity index (χ0v) is 10.0. The zero-order valence-electron chi connectivity index (χ0n) is 9.15. The third-order valence-electron chi connectivity index (χ3n) is 3.10. The highest BCUT2D eigenvalue weighted by atomic mass is 32.1. The Bertz CT molecular complexity index is 299. The second kappa shape index (κ2) is 4.93. The molecule has 1 aliphatic rings. The van der Waals surface area contributed by atoms with Gasteiger partial charge in [0.05, 0.1) is 6.10 Å². The van der Waals surface area contributed by atoms with Crippen LogP contribution in [-0.4, -0.2) is 6.10 Å². The molecule has 0 aliphatic heterocycles. The Morgan fingerprint density at radius 2 is 1.67 bits per heavy atom. The predicted molar refractivity (Wildman–Crippen MR) is 65.7 cm³/mol. The fourth-order valence-electron chi connectivity index (χ4n) is 2.06. The molecule has 1 nitrogen and oxygen atoms in total. The molecule has 0 amide bonds. The molecule has 1 aromatic carbocycles. The Hall–Kier alpha value is -0.630. The van der Waals surface area contributed by atoms with Crippen molar-refractivity contribution in [3.05, 3.63) is 24.3 Å². The van der Waals surface area contributed by atoms with Crippen molar-refractivity contribution in [3.63, 3.8) is 0 Å². The largest absolute Gasteiger partial charge is 0.490 e. The standard InChI is InChI=1S/C13H18OS/c1-10-2-4-11(5-3-10)14-12-6-8-13(15)9-7-12/h6-11,15H,2-5H2,1H3. The van der Waals surface area contributed by atoms with Crippen LogP contribution in [0, 0.1) is 5.92 Å². The number of thiol groups is 1. The van der Waals surface area contributed by atoms with E-state index in [1.807, 2.05) is 24.3 Å². The van der Waals surface area contributed by atoms with E-state index in [0.717, 1.165) is 16.6 Å². The molecule has 2 rings (SSSR count). The molecule has 1 aromatic rings. The van der Waals surface area contributed by atoms with Crippen molar-refractivity contribution in [1.29, 1.82) is 0 Å². The van der Waals surface area contributed by atoms with Gasteiger partial charge in [0.15, 0.2) is 0 Å². The summed E-state index contributed by atoms with van der Waals surface area (Å²) in [7, 11) is 0. The first-order valence-corrected chi connectivity index (χ1v) is 6.14. The molecule has 0 unspecified atom stereocenters. The molecule has 0 atom stereocenters. The highest BCUT2D eigenvalue weighted by molar-refractivity contribution is 7.80. The third-order valence-corrected chi connectivity index (χ3v) is 3.40. The van der Waals surface area contributed by atoms with Crippen LogP contribution in [0.4, 0.5) is 0 Å². The fraction of sp³-hybridized carbons (Fsp3) is 0.538. The van der Waals surface area contributed by atoms with Crippen LogP contribution < -0.4 is 4.74 Å². The predicted octanol–water partition coefficient (Wildman–Crippen LogP) is 3.93. The van der Waals surface area contributed by atoms with Crippen LogP contribution in [0.15, 0.2) is 29.2 Å². The number of hydrogen-bond donors (Lipinski definition) is 1. The maximum Gasteiger partial charge on any atom is 0.119 e. The van der Waals surface area contributed by atoms with Crippen molar-refractivity contribution in [2.24, 2.45) is 5.92 Å². The lowest BCUT2D eigenvalue weighted by molar-refractivity contribution is 0.135. The lowest BCUT2D eigenvalue weighted by Gasteiger charge is -2.26. The first-order chi connectivity index (χ1) is 7.24. The van der Waals surface area contributed by atoms with Crippen LogP contribution >= 0.6 is 12.6 Å². The van der Waals surface area contributed by atoms with E-state index in [1.54, 1.807) is 0 Å². The number of rotatable bonds is 2. The van der Waals surface area contributed by atoms with E-state index in [-0.39, 0.29) is 0 Å². The summed E-state index contributed by atoms with van der Waals surface area (Å²) in [6, 6.07) is 7.95. The Morgan fingerprint density at radius 3 is 2.27 bits per heavy atom. The molecule has 0 aromatic heterocycles. The molecule has 1 saturated carbocycles. The van der Waals surface area contributed by atoms with Crippen LogP contribution in [0.25, 0.3) is 0 Å². The number of benzene rings is 1. The van der Waals surface area contributed by atoms with Crippen molar-refractivity contribution >= 4 is 12.6 Å². The maximum atomic E-state index is 5.92. The first-order valence-electron chi connectivity index (χ1n) is 5.70. The summed E-state index contributed by atoms with van der Waals surface area (Å²) >= 11 is 4.25. The first kappa shape index (κ1) is 10.9. The summed E-state index contributed by atoms with van der Waals surface area (Å²) < 4.78 is 5.92. The summed E-state index contributed by atoms with van der Waals surface area (Å²) in [6.07, 6.45) is 5.42. The van der Waals surface area contributed by atoms with E-state index < -0.39 is 0 Å². The number of hydrogen-bond acceptors (Lipinski definition) is 2. The van der Waals surface area contributed by atoms with Crippen molar-refractivity contribution in [3.8, 4) is 5.75 Å². The molecule has 0 saturated heterocycles. The van der Waals surface area contributed by atoms with Crippen LogP contribution in [-0.2, 0) is 0 Å². The molecular weight excluding hydrogens is 204 g/mol. The highest BCUT2D eigenvalue weighted by Gasteiger charge is 2.19. The molecule has 82 valence electrons. The topological polar surface area (TPSA) is 9.23 Å². The lowest BCUT2D eigenvalue weighted by Crippen LogP contribution is -2.22. The van der Waals surface area contributed by atoms with Gasteiger partial charge in [-0.1, -0.05) is 6.92 Å². The van der Waals surface area contributed by atoms with E-state index in [9.17, 15) is 0 Å². The van der Waals surface area contributed by atoms with E-state index in [2.05, 4.69) is 19.6 Å². The second-order valence-electron chi connectivity index (χ2n) is 4.49. The van der Waals surface area contributed by atoms with E-state index in [1.165, 1.54) is 25.7 Å². The van der Waals surface area contributed by atoms with Gasteiger partial charge in [0, 0.05) is 4.90 Å². The molecule has 1 fully saturated rings. The molecule has 15 heavy (non-hydrogen) atoms. The van der Waals surface area contributed by atoms with Gasteiger partial charge in [0.2, 0.25) is 0 Å². The van der Waals surface area contributed by atoms with Crippen molar-refractivity contribution in [2.75, 3.05) is 0 Å². The van der Waals surface area contributed by atoms with Gasteiger partial charge in [-0.25, -0.2) is 0 Å². The van der Waals surface area contributed by atoms with Crippen LogP contribution in [0.1, 0.15) is 32.6 Å². The van der Waals surface area contributed by atoms with Crippen LogP contribution in [0.3, 0.4) is 0 Å². The average Bonchev–Trinajstić information content (AvgIpc) is 2.25. The van der Waals surface area contributed by atoms with Gasteiger partial charge in [-0.15, -0.1) is 12.6 Å². The van der Waals surface area contributed by atoms with Gasteiger partial charge < -0.3 is 4.74 Å². The summed E-state index contributed by atoms with van der Waals surface area (Å²) in [5, 5.41) is 0. The Morgan fingerprint density at radius 1 is 1.07 bits per heavy atom. The van der Waals surface area contributed by atoms with Gasteiger partial charge in [-0.2, -0.15) is 0 Å². The van der Waals surface area contributed by atoms with Gasteiger partial charge in [0.25, 0.3) is 0 Å². The Kier molecular flexibility index (Phi) is 3.57. The summed E-state index contributed by atoms with van der Waals surface area (Å²) in [5.41, 5.74) is 0. The maximum absolute atomic E-state index is 5.92. The van der Waals surface area contributed by atoms with Crippen molar-refractivity contribution in [2.45, 2.75) is 43.6 Å². The van der Waals surface area contributed by atoms with E-state index in [4.69, 9.17) is 4.74 Å². The third kappa shape index (κ3) is 3.16. The molecule has 1 aliphatic carbocycles. The zero-order chi connectivity index (χ0) is 10.7. The van der Waals surface area contributed by atoms with Gasteiger partial charge in [-0.05, 0) is 55.9 Å². The van der Waals surface area contributed by atoms with E-state index >= 15 is 0 Å². The summed E-state index contributed by atoms with van der Waals surface area (Å²) in [4.78, 5) is 0.986. The second-order valence-corrected chi connectivity index (χ2v) is 5.01. The molecule has 0 bridgehead atoms. The van der Waals surface area contributed by atoms with Gasteiger partial charge in [-0.3, -0.25) is 0 Å². The molecular formula is C13H18OS. The molecule has 0 N–H and O–H groups in total. The lowest BCUT2D eigenvalue weighted by atomic mass is 9.89. The molecule has 0 spiro atoms. The smallest absolute Gasteiger partial charge is 0.119 e. The average molecular weight is 222 g/mol. The van der Waals surface area contributed by atoms with Crippen molar-refractivity contribution < 1.29 is 4.74 Å². The van der Waals surface area contributed by atoms with Crippen LogP contribution in [0.2, 0.25) is 0 Å². The van der Waals surface area contributed by atoms with Crippen LogP contribution in [0.5, 0.6) is 5.75 Å². The highest BCUT2D eigenvalue weighted by Crippen LogP contribution is 2.27. The van der Waals surface area contributed by atoms with Crippen molar-refractivity contribution in [1.82, 2.24) is 0 Å². The summed E-state index contributed by atoms with van der Waals surface area (Å²) in [6.45, 7) is 2.33. The Balaban J connectivity index is 1.89. The minimum Gasteiger partial charge on any atom is -0.490 e. The number of ether oxygens (including phenoxy) is 1.